The quantitative estimate of drug-likeness (QED) is 0.727. The molecule has 1 aromatic heterocycles. The second kappa shape index (κ2) is 4.09. The Balaban J connectivity index is 2.80. The number of hydrogen-bond donors (Lipinski definition) is 1. The van der Waals surface area contributed by atoms with Gasteiger partial charge in [-0.3, -0.25) is 4.57 Å². The molecule has 78 valence electrons. The van der Waals surface area contributed by atoms with Gasteiger partial charge in [-0.2, -0.15) is 12.6 Å². The van der Waals surface area contributed by atoms with E-state index in [-0.39, 0.29) is 6.09 Å². The van der Waals surface area contributed by atoms with Gasteiger partial charge in [-0.05, 0) is 32.9 Å². The van der Waals surface area contributed by atoms with E-state index >= 15 is 0 Å². The SMILES string of the molecule is CC(C)(C)OC(=O)n1cccc1CS. The molecule has 0 aliphatic heterocycles. The van der Waals surface area contributed by atoms with E-state index in [1.807, 2.05) is 26.8 Å². The van der Waals surface area contributed by atoms with Crippen molar-refractivity contribution in [3.05, 3.63) is 24.0 Å². The number of aromatic nitrogens is 1. The van der Waals surface area contributed by atoms with Crippen molar-refractivity contribution >= 4 is 18.7 Å². The van der Waals surface area contributed by atoms with E-state index in [0.29, 0.717) is 5.75 Å². The first-order chi connectivity index (χ1) is 6.44. The molecule has 0 aromatic carbocycles. The highest BCUT2D eigenvalue weighted by atomic mass is 32.1. The molecule has 0 aliphatic rings. The van der Waals surface area contributed by atoms with Crippen LogP contribution in [0.3, 0.4) is 0 Å². The van der Waals surface area contributed by atoms with Gasteiger partial charge in [0, 0.05) is 17.6 Å². The van der Waals surface area contributed by atoms with Crippen LogP contribution in [0.15, 0.2) is 18.3 Å². The minimum absolute atomic E-state index is 0.355. The Kier molecular flexibility index (Phi) is 3.26. The lowest BCUT2D eigenvalue weighted by Gasteiger charge is -2.20. The molecule has 3 nitrogen and oxygen atoms in total. The van der Waals surface area contributed by atoms with Gasteiger partial charge in [0.05, 0.1) is 0 Å². The van der Waals surface area contributed by atoms with Gasteiger partial charge >= 0.3 is 6.09 Å². The highest BCUT2D eigenvalue weighted by Crippen LogP contribution is 2.12. The molecule has 0 fully saturated rings. The van der Waals surface area contributed by atoms with Crippen LogP contribution in [0.25, 0.3) is 0 Å². The molecular weight excluding hydrogens is 198 g/mol. The minimum atomic E-state index is -0.463. The molecule has 14 heavy (non-hydrogen) atoms. The fourth-order valence-corrected chi connectivity index (χ4v) is 1.29. The first-order valence-electron chi connectivity index (χ1n) is 4.44. The summed E-state index contributed by atoms with van der Waals surface area (Å²) in [5.41, 5.74) is 0.373. The molecule has 0 spiro atoms. The van der Waals surface area contributed by atoms with Gasteiger partial charge in [-0.25, -0.2) is 4.79 Å². The Labute approximate surface area is 89.5 Å². The molecular formula is C10H15NO2S. The molecule has 0 radical (unpaired) electrons. The second-order valence-corrected chi connectivity index (χ2v) is 4.32. The fourth-order valence-electron chi connectivity index (χ4n) is 1.03. The lowest BCUT2D eigenvalue weighted by Crippen LogP contribution is -2.27. The maximum Gasteiger partial charge on any atom is 0.418 e. The van der Waals surface area contributed by atoms with Crippen molar-refractivity contribution in [2.45, 2.75) is 32.1 Å². The van der Waals surface area contributed by atoms with E-state index in [4.69, 9.17) is 4.74 Å². The summed E-state index contributed by atoms with van der Waals surface area (Å²) in [4.78, 5) is 11.6. The Morgan fingerprint density at radius 1 is 1.57 bits per heavy atom. The zero-order valence-electron chi connectivity index (χ0n) is 8.65. The summed E-state index contributed by atoms with van der Waals surface area (Å²) in [6.45, 7) is 5.53. The molecule has 0 saturated heterocycles. The van der Waals surface area contributed by atoms with Gasteiger partial charge in [0.2, 0.25) is 0 Å². The second-order valence-electron chi connectivity index (χ2n) is 4.01. The Morgan fingerprint density at radius 2 is 2.21 bits per heavy atom. The van der Waals surface area contributed by atoms with Crippen molar-refractivity contribution < 1.29 is 9.53 Å². The molecule has 0 bridgehead atoms. The average Bonchev–Trinajstić information content (AvgIpc) is 2.47. The largest absolute Gasteiger partial charge is 0.443 e. The van der Waals surface area contributed by atoms with Crippen LogP contribution in [0.5, 0.6) is 0 Å². The third-order valence-electron chi connectivity index (χ3n) is 1.59. The van der Waals surface area contributed by atoms with Gasteiger partial charge in [-0.1, -0.05) is 0 Å². The highest BCUT2D eigenvalue weighted by molar-refractivity contribution is 7.79. The van der Waals surface area contributed by atoms with Crippen LogP contribution in [-0.2, 0) is 10.5 Å². The molecule has 1 rings (SSSR count). The zero-order valence-corrected chi connectivity index (χ0v) is 9.54. The van der Waals surface area contributed by atoms with Crippen LogP contribution >= 0.6 is 12.6 Å². The number of carbonyl (C=O) groups excluding carboxylic acids is 1. The smallest absolute Gasteiger partial charge is 0.418 e. The number of rotatable bonds is 1. The first kappa shape index (κ1) is 11.2. The van der Waals surface area contributed by atoms with Crippen molar-refractivity contribution in [3.63, 3.8) is 0 Å². The van der Waals surface area contributed by atoms with E-state index in [2.05, 4.69) is 12.6 Å². The van der Waals surface area contributed by atoms with Crippen LogP contribution in [0.1, 0.15) is 26.5 Å². The molecule has 0 saturated carbocycles. The molecule has 0 atom stereocenters. The summed E-state index contributed by atoms with van der Waals surface area (Å²) in [6, 6.07) is 3.65. The monoisotopic (exact) mass is 213 g/mol. The molecule has 0 aliphatic carbocycles. The van der Waals surface area contributed by atoms with Crippen LogP contribution < -0.4 is 0 Å². The summed E-state index contributed by atoms with van der Waals surface area (Å²) < 4.78 is 6.69. The predicted octanol–water partition coefficient (Wildman–Crippen LogP) is 2.70. The van der Waals surface area contributed by atoms with Crippen molar-refractivity contribution in [2.75, 3.05) is 0 Å². The summed E-state index contributed by atoms with van der Waals surface area (Å²) in [6.07, 6.45) is 1.33. The molecule has 0 amide bonds. The summed E-state index contributed by atoms with van der Waals surface area (Å²) in [7, 11) is 0. The van der Waals surface area contributed by atoms with Crippen LogP contribution in [0.4, 0.5) is 4.79 Å². The zero-order chi connectivity index (χ0) is 10.8. The molecule has 0 unspecified atom stereocenters. The number of nitrogens with zero attached hydrogens (tertiary/aromatic N) is 1. The minimum Gasteiger partial charge on any atom is -0.443 e. The Bertz CT molecular complexity index is 325. The fraction of sp³-hybridized carbons (Fsp3) is 0.500. The Hall–Kier alpha value is -0.900. The number of ether oxygens (including phenoxy) is 1. The van der Waals surface area contributed by atoms with Gasteiger partial charge in [0.25, 0.3) is 0 Å². The summed E-state index contributed by atoms with van der Waals surface area (Å²) in [5, 5.41) is 0. The molecule has 0 N–H and O–H groups in total. The Morgan fingerprint density at radius 3 is 2.71 bits per heavy atom. The molecule has 1 aromatic rings. The van der Waals surface area contributed by atoms with Crippen LogP contribution in [0.2, 0.25) is 0 Å². The number of thiol groups is 1. The third kappa shape index (κ3) is 2.80. The maximum absolute atomic E-state index is 11.6. The van der Waals surface area contributed by atoms with Gasteiger partial charge in [0.15, 0.2) is 0 Å². The lowest BCUT2D eigenvalue weighted by molar-refractivity contribution is 0.0534. The van der Waals surface area contributed by atoms with Gasteiger partial charge in [0.1, 0.15) is 5.60 Å². The van der Waals surface area contributed by atoms with E-state index in [1.54, 1.807) is 12.3 Å². The topological polar surface area (TPSA) is 31.2 Å². The number of carbonyl (C=O) groups is 1. The molecule has 4 heteroatoms. The average molecular weight is 213 g/mol. The van der Waals surface area contributed by atoms with Crippen LogP contribution in [-0.4, -0.2) is 16.3 Å². The lowest BCUT2D eigenvalue weighted by atomic mass is 10.2. The normalized spacial score (nSPS) is 11.4. The van der Waals surface area contributed by atoms with Gasteiger partial charge in [-0.15, -0.1) is 0 Å². The van der Waals surface area contributed by atoms with Crippen molar-refractivity contribution in [3.8, 4) is 0 Å². The number of hydrogen-bond acceptors (Lipinski definition) is 3. The van der Waals surface area contributed by atoms with E-state index in [9.17, 15) is 4.79 Å². The van der Waals surface area contributed by atoms with E-state index in [1.165, 1.54) is 4.57 Å². The van der Waals surface area contributed by atoms with Crippen molar-refractivity contribution in [1.29, 1.82) is 0 Å². The first-order valence-corrected chi connectivity index (χ1v) is 5.08. The van der Waals surface area contributed by atoms with E-state index in [0.717, 1.165) is 5.69 Å². The van der Waals surface area contributed by atoms with Gasteiger partial charge < -0.3 is 4.74 Å². The van der Waals surface area contributed by atoms with Crippen LogP contribution in [0, 0.1) is 0 Å². The van der Waals surface area contributed by atoms with Crippen molar-refractivity contribution in [2.24, 2.45) is 0 Å². The third-order valence-corrected chi connectivity index (χ3v) is 1.91. The maximum atomic E-state index is 11.6. The van der Waals surface area contributed by atoms with Crippen molar-refractivity contribution in [1.82, 2.24) is 4.57 Å². The predicted molar refractivity (Wildman–Crippen MR) is 58.8 cm³/mol. The van der Waals surface area contributed by atoms with E-state index < -0.39 is 5.60 Å². The summed E-state index contributed by atoms with van der Waals surface area (Å²) >= 11 is 4.12. The standard InChI is InChI=1S/C10H15NO2S/c1-10(2,3)13-9(12)11-6-4-5-8(11)7-14/h4-6,14H,7H2,1-3H3. The highest BCUT2D eigenvalue weighted by Gasteiger charge is 2.18. The summed E-state index contributed by atoms with van der Waals surface area (Å²) in [5.74, 6) is 0.520. The molecule has 1 heterocycles.